The van der Waals surface area contributed by atoms with Gasteiger partial charge in [0.1, 0.15) is 5.60 Å². The fraction of sp³-hybridized carbons (Fsp3) is 0.692. The van der Waals surface area contributed by atoms with Crippen LogP contribution >= 0.6 is 0 Å². The molecule has 0 bridgehead atoms. The van der Waals surface area contributed by atoms with Crippen LogP contribution in [0.4, 0.5) is 0 Å². The highest BCUT2D eigenvalue weighted by atomic mass is 16.6. The minimum absolute atomic E-state index is 0.0687. The van der Waals surface area contributed by atoms with Crippen LogP contribution < -0.4 is 0 Å². The molecule has 0 saturated carbocycles. The number of hydrogen-bond acceptors (Lipinski definition) is 5. The van der Waals surface area contributed by atoms with Gasteiger partial charge in [0, 0.05) is 12.0 Å². The maximum absolute atomic E-state index is 11.3. The van der Waals surface area contributed by atoms with Crippen molar-refractivity contribution in [3.8, 4) is 0 Å². The van der Waals surface area contributed by atoms with Crippen LogP contribution in [0.15, 0.2) is 12.2 Å². The van der Waals surface area contributed by atoms with Gasteiger partial charge in [0.25, 0.3) is 0 Å². The number of esters is 2. The van der Waals surface area contributed by atoms with E-state index < -0.39 is 23.1 Å². The topological polar surface area (TPSA) is 72.8 Å². The molecule has 0 atom stereocenters. The molecule has 1 N–H and O–H groups in total. The Hall–Kier alpha value is -1.36. The zero-order valence-corrected chi connectivity index (χ0v) is 11.7. The average Bonchev–Trinajstić information content (AvgIpc) is 2.14. The van der Waals surface area contributed by atoms with Gasteiger partial charge in [-0.05, 0) is 34.6 Å². The SMILES string of the molecule is C=C(C)C(=O)OC(C)(C)CCOC(=O)C(C)(C)O. The molecule has 0 fully saturated rings. The van der Waals surface area contributed by atoms with Crippen LogP contribution in [0.25, 0.3) is 0 Å². The van der Waals surface area contributed by atoms with Gasteiger partial charge >= 0.3 is 11.9 Å². The van der Waals surface area contributed by atoms with Crippen LogP contribution in [-0.2, 0) is 19.1 Å². The monoisotopic (exact) mass is 258 g/mol. The molecule has 0 saturated heterocycles. The molecular weight excluding hydrogens is 236 g/mol. The molecule has 0 aliphatic rings. The van der Waals surface area contributed by atoms with Crippen molar-refractivity contribution in [3.63, 3.8) is 0 Å². The van der Waals surface area contributed by atoms with E-state index in [4.69, 9.17) is 9.47 Å². The summed E-state index contributed by atoms with van der Waals surface area (Å²) < 4.78 is 10.1. The van der Waals surface area contributed by atoms with E-state index in [0.29, 0.717) is 12.0 Å². The van der Waals surface area contributed by atoms with E-state index in [9.17, 15) is 14.7 Å². The normalized spacial score (nSPS) is 11.9. The second kappa shape index (κ2) is 6.00. The molecule has 0 radical (unpaired) electrons. The summed E-state index contributed by atoms with van der Waals surface area (Å²) in [4.78, 5) is 22.6. The largest absolute Gasteiger partial charge is 0.463 e. The second-order valence-electron chi connectivity index (χ2n) is 5.37. The second-order valence-corrected chi connectivity index (χ2v) is 5.37. The van der Waals surface area contributed by atoms with E-state index in [0.717, 1.165) is 0 Å². The van der Waals surface area contributed by atoms with E-state index in [2.05, 4.69) is 6.58 Å². The van der Waals surface area contributed by atoms with Crippen molar-refractivity contribution >= 4 is 11.9 Å². The minimum atomic E-state index is -1.52. The van der Waals surface area contributed by atoms with Gasteiger partial charge in [0.2, 0.25) is 0 Å². The van der Waals surface area contributed by atoms with Crippen molar-refractivity contribution in [2.45, 2.75) is 52.2 Å². The predicted molar refractivity (Wildman–Crippen MR) is 66.9 cm³/mol. The highest BCUT2D eigenvalue weighted by molar-refractivity contribution is 5.87. The third-order valence-corrected chi connectivity index (χ3v) is 2.15. The van der Waals surface area contributed by atoms with E-state index in [1.807, 2.05) is 0 Å². The number of carbonyl (C=O) groups excluding carboxylic acids is 2. The molecule has 18 heavy (non-hydrogen) atoms. The lowest BCUT2D eigenvalue weighted by molar-refractivity contribution is -0.165. The fourth-order valence-electron chi connectivity index (χ4n) is 0.955. The Kier molecular flexibility index (Phi) is 5.55. The van der Waals surface area contributed by atoms with Crippen molar-refractivity contribution in [3.05, 3.63) is 12.2 Å². The van der Waals surface area contributed by atoms with Crippen LogP contribution in [0, 0.1) is 0 Å². The first-order chi connectivity index (χ1) is 7.96. The number of carbonyl (C=O) groups is 2. The Morgan fingerprint density at radius 1 is 1.22 bits per heavy atom. The molecule has 104 valence electrons. The summed E-state index contributed by atoms with van der Waals surface area (Å²) in [5.41, 5.74) is -1.95. The van der Waals surface area contributed by atoms with Crippen LogP contribution in [-0.4, -0.2) is 34.9 Å². The Morgan fingerprint density at radius 3 is 2.11 bits per heavy atom. The lowest BCUT2D eigenvalue weighted by atomic mass is 10.1. The molecule has 0 spiro atoms. The van der Waals surface area contributed by atoms with E-state index >= 15 is 0 Å². The molecule has 5 heteroatoms. The zero-order chi connectivity index (χ0) is 14.6. The van der Waals surface area contributed by atoms with Gasteiger partial charge in [0.05, 0.1) is 6.61 Å². The first kappa shape index (κ1) is 16.6. The number of rotatable bonds is 6. The molecular formula is C13H22O5. The van der Waals surface area contributed by atoms with Gasteiger partial charge < -0.3 is 14.6 Å². The smallest absolute Gasteiger partial charge is 0.337 e. The third-order valence-electron chi connectivity index (χ3n) is 2.15. The summed E-state index contributed by atoms with van der Waals surface area (Å²) >= 11 is 0. The van der Waals surface area contributed by atoms with Crippen LogP contribution in [0.5, 0.6) is 0 Å². The van der Waals surface area contributed by atoms with Crippen LogP contribution in [0.1, 0.15) is 41.0 Å². The van der Waals surface area contributed by atoms with Gasteiger partial charge in [-0.15, -0.1) is 0 Å². The third kappa shape index (κ3) is 6.39. The Bertz CT molecular complexity index is 336. The van der Waals surface area contributed by atoms with Crippen LogP contribution in [0.3, 0.4) is 0 Å². The maximum atomic E-state index is 11.3. The fourth-order valence-corrected chi connectivity index (χ4v) is 0.955. The maximum Gasteiger partial charge on any atom is 0.337 e. The van der Waals surface area contributed by atoms with Gasteiger partial charge in [-0.25, -0.2) is 9.59 Å². The lowest BCUT2D eigenvalue weighted by Crippen LogP contribution is -2.35. The van der Waals surface area contributed by atoms with Crippen molar-refractivity contribution in [2.75, 3.05) is 6.61 Å². The molecule has 0 aromatic rings. The highest BCUT2D eigenvalue weighted by Crippen LogP contribution is 2.17. The van der Waals surface area contributed by atoms with Crippen molar-refractivity contribution in [1.82, 2.24) is 0 Å². The van der Waals surface area contributed by atoms with Crippen molar-refractivity contribution in [2.24, 2.45) is 0 Å². The summed E-state index contributed by atoms with van der Waals surface area (Å²) in [5, 5.41) is 9.36. The quantitative estimate of drug-likeness (QED) is 0.578. The summed E-state index contributed by atoms with van der Waals surface area (Å²) in [7, 11) is 0. The van der Waals surface area contributed by atoms with Crippen molar-refractivity contribution in [1.29, 1.82) is 0 Å². The lowest BCUT2D eigenvalue weighted by Gasteiger charge is -2.25. The van der Waals surface area contributed by atoms with Gasteiger partial charge in [-0.1, -0.05) is 6.58 Å². The molecule has 0 heterocycles. The van der Waals surface area contributed by atoms with E-state index in [1.165, 1.54) is 13.8 Å². The summed E-state index contributed by atoms with van der Waals surface area (Å²) in [5.74, 6) is -1.18. The predicted octanol–water partition coefficient (Wildman–Crippen LogP) is 1.59. The molecule has 0 aliphatic heterocycles. The average molecular weight is 258 g/mol. The van der Waals surface area contributed by atoms with E-state index in [-0.39, 0.29) is 6.61 Å². The van der Waals surface area contributed by atoms with Crippen molar-refractivity contribution < 1.29 is 24.2 Å². The molecule has 0 unspecified atom stereocenters. The molecule has 0 rings (SSSR count). The van der Waals surface area contributed by atoms with E-state index in [1.54, 1.807) is 20.8 Å². The summed E-state index contributed by atoms with van der Waals surface area (Å²) in [6.07, 6.45) is 0.341. The van der Waals surface area contributed by atoms with Crippen LogP contribution in [0.2, 0.25) is 0 Å². The number of aliphatic hydroxyl groups is 1. The first-order valence-electron chi connectivity index (χ1n) is 5.74. The summed E-state index contributed by atoms with van der Waals surface area (Å²) in [6.45, 7) is 11.2. The van der Waals surface area contributed by atoms with Gasteiger partial charge in [0.15, 0.2) is 5.60 Å². The zero-order valence-electron chi connectivity index (χ0n) is 11.7. The molecule has 5 nitrogen and oxygen atoms in total. The Morgan fingerprint density at radius 2 is 1.72 bits per heavy atom. The Balaban J connectivity index is 4.17. The molecule has 0 amide bonds. The summed E-state index contributed by atoms with van der Waals surface area (Å²) in [6, 6.07) is 0. The Labute approximate surface area is 108 Å². The molecule has 0 aromatic carbocycles. The molecule has 0 aliphatic carbocycles. The number of hydrogen-bond donors (Lipinski definition) is 1. The number of ether oxygens (including phenoxy) is 2. The first-order valence-corrected chi connectivity index (χ1v) is 5.74. The highest BCUT2D eigenvalue weighted by Gasteiger charge is 2.28. The van der Waals surface area contributed by atoms with Gasteiger partial charge in [-0.3, -0.25) is 0 Å². The molecule has 0 aromatic heterocycles. The minimum Gasteiger partial charge on any atom is -0.463 e. The standard InChI is InChI=1S/C13H22O5/c1-9(2)10(14)18-12(3,4)7-8-17-11(15)13(5,6)16/h16H,1,7-8H2,2-6H3. The van der Waals surface area contributed by atoms with Gasteiger partial charge in [-0.2, -0.15) is 0 Å².